The molecule has 7 heteroatoms. The Morgan fingerprint density at radius 2 is 2.10 bits per heavy atom. The first kappa shape index (κ1) is 13.8. The van der Waals surface area contributed by atoms with Crippen molar-refractivity contribution in [1.29, 1.82) is 0 Å². The molecule has 1 aliphatic rings. The zero-order chi connectivity index (χ0) is 15.0. The third kappa shape index (κ3) is 2.43. The Kier molecular flexibility index (Phi) is 3.48. The molecule has 3 heterocycles. The van der Waals surface area contributed by atoms with Crippen LogP contribution in [-0.4, -0.2) is 48.9 Å². The molecule has 0 spiro atoms. The highest BCUT2D eigenvalue weighted by atomic mass is 16.2. The topological polar surface area (TPSA) is 68.8 Å². The van der Waals surface area contributed by atoms with Crippen molar-refractivity contribution < 1.29 is 4.79 Å². The maximum atomic E-state index is 12.1. The second-order valence-corrected chi connectivity index (χ2v) is 5.42. The van der Waals surface area contributed by atoms with Gasteiger partial charge in [-0.2, -0.15) is 10.2 Å². The van der Waals surface area contributed by atoms with E-state index in [4.69, 9.17) is 0 Å². The number of rotatable bonds is 4. The van der Waals surface area contributed by atoms with Gasteiger partial charge < -0.3 is 4.90 Å². The van der Waals surface area contributed by atoms with Crippen LogP contribution in [0.2, 0.25) is 0 Å². The smallest absolute Gasteiger partial charge is 0.271 e. The third-order valence-corrected chi connectivity index (χ3v) is 3.72. The fourth-order valence-electron chi connectivity index (χ4n) is 2.52. The minimum atomic E-state index is 0.0105. The third-order valence-electron chi connectivity index (χ3n) is 3.72. The summed E-state index contributed by atoms with van der Waals surface area (Å²) in [6, 6.07) is 1.82. The number of fused-ring (bicyclic) bond motifs is 1. The molecule has 2 aromatic heterocycles. The van der Waals surface area contributed by atoms with Crippen LogP contribution in [0.15, 0.2) is 6.07 Å². The molecule has 112 valence electrons. The maximum Gasteiger partial charge on any atom is 0.271 e. The van der Waals surface area contributed by atoms with Crippen LogP contribution < -0.4 is 0 Å². The molecule has 7 nitrogen and oxygen atoms in total. The van der Waals surface area contributed by atoms with E-state index < -0.39 is 0 Å². The summed E-state index contributed by atoms with van der Waals surface area (Å²) in [5.74, 6) is 1.49. The van der Waals surface area contributed by atoms with Gasteiger partial charge in [-0.05, 0) is 13.3 Å². The lowest BCUT2D eigenvalue weighted by Crippen LogP contribution is -2.37. The van der Waals surface area contributed by atoms with Crippen molar-refractivity contribution in [3.8, 4) is 11.5 Å². The lowest BCUT2D eigenvalue weighted by Gasteiger charge is -2.22. The predicted molar refractivity (Wildman–Crippen MR) is 77.8 cm³/mol. The van der Waals surface area contributed by atoms with E-state index in [1.165, 1.54) is 0 Å². The quantitative estimate of drug-likeness (QED) is 0.851. The van der Waals surface area contributed by atoms with Crippen LogP contribution in [0, 0.1) is 6.92 Å². The minimum absolute atomic E-state index is 0.0105. The lowest BCUT2D eigenvalue weighted by atomic mass is 10.2. The fraction of sp³-hybridized carbons (Fsp3) is 0.571. The minimum Gasteiger partial charge on any atom is -0.339 e. The summed E-state index contributed by atoms with van der Waals surface area (Å²) < 4.78 is 3.66. The van der Waals surface area contributed by atoms with Crippen LogP contribution in [-0.2, 0) is 13.1 Å². The molecule has 0 saturated carbocycles. The number of hydrogen-bond donors (Lipinski definition) is 0. The number of carbonyl (C=O) groups excluding carboxylic acids is 1. The summed E-state index contributed by atoms with van der Waals surface area (Å²) >= 11 is 0. The van der Waals surface area contributed by atoms with Crippen molar-refractivity contribution >= 4 is 5.91 Å². The Balaban J connectivity index is 1.98. The molecule has 1 amide bonds. The zero-order valence-corrected chi connectivity index (χ0v) is 12.7. The molecule has 0 aromatic carbocycles. The van der Waals surface area contributed by atoms with Crippen LogP contribution in [0.3, 0.4) is 0 Å². The molecule has 0 saturated heterocycles. The van der Waals surface area contributed by atoms with Gasteiger partial charge in [0.2, 0.25) is 0 Å². The van der Waals surface area contributed by atoms with Gasteiger partial charge in [-0.15, -0.1) is 0 Å². The molecular weight excluding hydrogens is 268 g/mol. The van der Waals surface area contributed by atoms with E-state index in [9.17, 15) is 4.79 Å². The number of hydrogen-bond acceptors (Lipinski definition) is 4. The second kappa shape index (κ2) is 5.31. The van der Waals surface area contributed by atoms with Crippen LogP contribution in [0.25, 0.3) is 11.5 Å². The van der Waals surface area contributed by atoms with E-state index in [1.54, 1.807) is 9.58 Å². The SMILES string of the molecule is CCCCn1nc(C)nc1-c1cc2n(n1)CCN(C)C2=O. The summed E-state index contributed by atoms with van der Waals surface area (Å²) in [6.45, 7) is 6.25. The number of unbranched alkanes of at least 4 members (excludes halogenated alkanes) is 1. The molecule has 0 unspecified atom stereocenters. The summed E-state index contributed by atoms with van der Waals surface area (Å²) in [4.78, 5) is 18.3. The van der Waals surface area contributed by atoms with Crippen molar-refractivity contribution in [2.75, 3.05) is 13.6 Å². The molecule has 0 atom stereocenters. The van der Waals surface area contributed by atoms with Crippen molar-refractivity contribution in [2.24, 2.45) is 0 Å². The van der Waals surface area contributed by atoms with Gasteiger partial charge in [-0.1, -0.05) is 13.3 Å². The first-order chi connectivity index (χ1) is 10.1. The Bertz CT molecular complexity index is 671. The molecule has 2 aromatic rings. The molecule has 0 radical (unpaired) electrons. The summed E-state index contributed by atoms with van der Waals surface area (Å²) in [5.41, 5.74) is 1.35. The van der Waals surface area contributed by atoms with Gasteiger partial charge in [0.05, 0.1) is 6.54 Å². The monoisotopic (exact) mass is 288 g/mol. The number of nitrogens with zero attached hydrogens (tertiary/aromatic N) is 6. The average Bonchev–Trinajstić information content (AvgIpc) is 3.04. The van der Waals surface area contributed by atoms with E-state index in [-0.39, 0.29) is 5.91 Å². The summed E-state index contributed by atoms with van der Waals surface area (Å²) in [6.07, 6.45) is 2.15. The van der Waals surface area contributed by atoms with Gasteiger partial charge in [0, 0.05) is 26.2 Å². The molecule has 0 fully saturated rings. The molecule has 0 N–H and O–H groups in total. The molecule has 0 bridgehead atoms. The first-order valence-electron chi connectivity index (χ1n) is 7.35. The van der Waals surface area contributed by atoms with Crippen LogP contribution in [0.1, 0.15) is 36.1 Å². The number of carbonyl (C=O) groups is 1. The van der Waals surface area contributed by atoms with Gasteiger partial charge in [0.15, 0.2) is 5.82 Å². The highest BCUT2D eigenvalue weighted by molar-refractivity contribution is 5.94. The van der Waals surface area contributed by atoms with Gasteiger partial charge in [-0.3, -0.25) is 9.48 Å². The highest BCUT2D eigenvalue weighted by Gasteiger charge is 2.25. The molecule has 0 aliphatic carbocycles. The van der Waals surface area contributed by atoms with Crippen LogP contribution in [0.5, 0.6) is 0 Å². The van der Waals surface area contributed by atoms with E-state index in [1.807, 2.05) is 24.7 Å². The van der Waals surface area contributed by atoms with E-state index >= 15 is 0 Å². The van der Waals surface area contributed by atoms with Crippen molar-refractivity contribution in [2.45, 2.75) is 39.8 Å². The Hall–Kier alpha value is -2.18. The standard InChI is InChI=1S/C14H20N6O/c1-4-5-6-20-13(15-10(2)16-20)11-9-12-14(21)18(3)7-8-19(12)17-11/h9H,4-8H2,1-3H3. The summed E-state index contributed by atoms with van der Waals surface area (Å²) in [5, 5.41) is 8.96. The lowest BCUT2D eigenvalue weighted by molar-refractivity contribution is 0.0743. The van der Waals surface area contributed by atoms with Crippen molar-refractivity contribution in [1.82, 2.24) is 29.4 Å². The molecule has 21 heavy (non-hydrogen) atoms. The van der Waals surface area contributed by atoms with Crippen molar-refractivity contribution in [3.63, 3.8) is 0 Å². The van der Waals surface area contributed by atoms with Crippen molar-refractivity contribution in [3.05, 3.63) is 17.6 Å². The van der Waals surface area contributed by atoms with E-state index in [0.29, 0.717) is 12.2 Å². The van der Waals surface area contributed by atoms with Gasteiger partial charge in [0.25, 0.3) is 5.91 Å². The maximum absolute atomic E-state index is 12.1. The number of likely N-dealkylation sites (N-methyl/N-ethyl adjacent to an activating group) is 1. The Morgan fingerprint density at radius 3 is 2.86 bits per heavy atom. The van der Waals surface area contributed by atoms with Gasteiger partial charge in [0.1, 0.15) is 17.2 Å². The Labute approximate surface area is 123 Å². The zero-order valence-electron chi connectivity index (χ0n) is 12.7. The normalized spacial score (nSPS) is 14.6. The molecular formula is C14H20N6O. The molecule has 1 aliphatic heterocycles. The van der Waals surface area contributed by atoms with Gasteiger partial charge in [-0.25, -0.2) is 9.67 Å². The first-order valence-corrected chi connectivity index (χ1v) is 7.35. The van der Waals surface area contributed by atoms with Gasteiger partial charge >= 0.3 is 0 Å². The average molecular weight is 288 g/mol. The number of aryl methyl sites for hydroxylation is 2. The number of amides is 1. The second-order valence-electron chi connectivity index (χ2n) is 5.42. The fourth-order valence-corrected chi connectivity index (χ4v) is 2.52. The summed E-state index contributed by atoms with van der Waals surface area (Å²) in [7, 11) is 1.81. The predicted octanol–water partition coefficient (Wildman–Crippen LogP) is 1.34. The van der Waals surface area contributed by atoms with E-state index in [2.05, 4.69) is 22.1 Å². The van der Waals surface area contributed by atoms with Crippen LogP contribution in [0.4, 0.5) is 0 Å². The largest absolute Gasteiger partial charge is 0.339 e. The van der Waals surface area contributed by atoms with Crippen LogP contribution >= 0.6 is 0 Å². The Morgan fingerprint density at radius 1 is 1.29 bits per heavy atom. The molecule has 3 rings (SSSR count). The highest BCUT2D eigenvalue weighted by Crippen LogP contribution is 2.21. The van der Waals surface area contributed by atoms with E-state index in [0.717, 1.165) is 43.3 Å². The number of aromatic nitrogens is 5.